The van der Waals surface area contributed by atoms with Crippen molar-refractivity contribution in [2.45, 2.75) is 11.7 Å². The molecule has 5 heteroatoms. The van der Waals surface area contributed by atoms with Crippen molar-refractivity contribution in [3.05, 3.63) is 23.9 Å². The number of aldehydes is 1. The van der Waals surface area contributed by atoms with E-state index in [1.54, 1.807) is 17.0 Å². The van der Waals surface area contributed by atoms with Crippen LogP contribution in [0.25, 0.3) is 0 Å². The van der Waals surface area contributed by atoms with Gasteiger partial charge < -0.3 is 0 Å². The van der Waals surface area contributed by atoms with E-state index in [0.29, 0.717) is 24.3 Å². The summed E-state index contributed by atoms with van der Waals surface area (Å²) in [6.07, 6.45) is 2.63. The Kier molecular flexibility index (Phi) is 2.73. The average molecular weight is 222 g/mol. The van der Waals surface area contributed by atoms with Crippen LogP contribution in [-0.2, 0) is 4.79 Å². The third-order valence-corrected chi connectivity index (χ3v) is 2.63. The fraction of sp³-hybridized carbons (Fsp3) is 0.300. The Morgan fingerprint density at radius 1 is 1.53 bits per heavy atom. The molecule has 1 aliphatic heterocycles. The van der Waals surface area contributed by atoms with Gasteiger partial charge in [-0.25, -0.2) is 4.98 Å². The van der Waals surface area contributed by atoms with Crippen LogP contribution < -0.4 is 4.90 Å². The first-order valence-corrected chi connectivity index (χ1v) is 5.12. The molecule has 1 saturated heterocycles. The molecule has 78 valence electrons. The van der Waals surface area contributed by atoms with Gasteiger partial charge in [-0.1, -0.05) is 0 Å². The van der Waals surface area contributed by atoms with Gasteiger partial charge in [0.2, 0.25) is 5.91 Å². The lowest BCUT2D eigenvalue weighted by Crippen LogP contribution is -2.25. The molecule has 2 heterocycles. The molecule has 15 heavy (non-hydrogen) atoms. The summed E-state index contributed by atoms with van der Waals surface area (Å²) in [5, 5.41) is 0.0741. The van der Waals surface area contributed by atoms with E-state index in [1.165, 1.54) is 6.20 Å². The predicted octanol–water partition coefficient (Wildman–Crippen LogP) is 0.929. The molecule has 0 aliphatic carbocycles. The fourth-order valence-electron chi connectivity index (χ4n) is 1.54. The first-order chi connectivity index (χ1) is 7.20. The van der Waals surface area contributed by atoms with Crippen LogP contribution in [0.2, 0.25) is 0 Å². The quantitative estimate of drug-likeness (QED) is 0.598. The van der Waals surface area contributed by atoms with Crippen molar-refractivity contribution in [1.82, 2.24) is 4.98 Å². The topological polar surface area (TPSA) is 50.3 Å². The zero-order chi connectivity index (χ0) is 10.8. The van der Waals surface area contributed by atoms with Crippen LogP contribution in [0.4, 0.5) is 5.82 Å². The van der Waals surface area contributed by atoms with Crippen molar-refractivity contribution in [2.75, 3.05) is 11.4 Å². The lowest BCUT2D eigenvalue weighted by Gasteiger charge is -2.14. The molecule has 0 radical (unpaired) electrons. The summed E-state index contributed by atoms with van der Waals surface area (Å²) in [7, 11) is 0. The molecular weight excluding hydrogens is 212 g/mol. The van der Waals surface area contributed by atoms with Gasteiger partial charge in [0, 0.05) is 30.0 Å². The molecule has 0 spiro atoms. The molecule has 2 rings (SSSR count). The summed E-state index contributed by atoms with van der Waals surface area (Å²) in [6.45, 7) is 0.579. The van der Waals surface area contributed by atoms with Crippen LogP contribution in [0.3, 0.4) is 0 Å². The molecule has 1 fully saturated rings. The van der Waals surface area contributed by atoms with E-state index in [-0.39, 0.29) is 11.2 Å². The third-order valence-electron chi connectivity index (χ3n) is 2.29. The van der Waals surface area contributed by atoms with Gasteiger partial charge in [-0.15, -0.1) is 0 Å². The van der Waals surface area contributed by atoms with Gasteiger partial charge in [-0.05, 0) is 12.1 Å². The van der Waals surface area contributed by atoms with Gasteiger partial charge in [-0.3, -0.25) is 14.5 Å². The lowest BCUT2D eigenvalue weighted by molar-refractivity contribution is -0.117. The number of anilines is 1. The van der Waals surface area contributed by atoms with E-state index >= 15 is 0 Å². The Bertz CT molecular complexity index is 391. The number of thiol groups is 1. The van der Waals surface area contributed by atoms with Crippen molar-refractivity contribution in [2.24, 2.45) is 0 Å². The second kappa shape index (κ2) is 4.02. The van der Waals surface area contributed by atoms with Crippen molar-refractivity contribution in [3.63, 3.8) is 0 Å². The molecule has 1 aliphatic rings. The predicted molar refractivity (Wildman–Crippen MR) is 59.4 cm³/mol. The number of carbonyl (C=O) groups is 2. The highest BCUT2D eigenvalue weighted by Gasteiger charge is 2.28. The van der Waals surface area contributed by atoms with Gasteiger partial charge in [0.15, 0.2) is 6.29 Å². The summed E-state index contributed by atoms with van der Waals surface area (Å²) in [4.78, 5) is 27.6. The van der Waals surface area contributed by atoms with Crippen LogP contribution in [0, 0.1) is 0 Å². The average Bonchev–Trinajstić information content (AvgIpc) is 2.58. The van der Waals surface area contributed by atoms with Crippen LogP contribution in [-0.4, -0.2) is 29.0 Å². The summed E-state index contributed by atoms with van der Waals surface area (Å²) in [6, 6.07) is 3.32. The van der Waals surface area contributed by atoms with Crippen molar-refractivity contribution >= 4 is 30.6 Å². The highest BCUT2D eigenvalue weighted by molar-refractivity contribution is 7.81. The normalized spacial score (nSPS) is 20.7. The zero-order valence-electron chi connectivity index (χ0n) is 7.96. The number of pyridine rings is 1. The maximum atomic E-state index is 11.5. The van der Waals surface area contributed by atoms with Crippen LogP contribution >= 0.6 is 12.6 Å². The number of hydrogen-bond acceptors (Lipinski definition) is 4. The largest absolute Gasteiger partial charge is 0.298 e. The summed E-state index contributed by atoms with van der Waals surface area (Å²) < 4.78 is 0. The summed E-state index contributed by atoms with van der Waals surface area (Å²) in [5.74, 6) is 0.614. The van der Waals surface area contributed by atoms with E-state index < -0.39 is 0 Å². The summed E-state index contributed by atoms with van der Waals surface area (Å²) >= 11 is 4.25. The van der Waals surface area contributed by atoms with Gasteiger partial charge in [0.05, 0.1) is 0 Å². The number of amides is 1. The summed E-state index contributed by atoms with van der Waals surface area (Å²) in [5.41, 5.74) is 0.507. The number of aromatic nitrogens is 1. The fourth-order valence-corrected chi connectivity index (χ4v) is 1.86. The Hall–Kier alpha value is -1.36. The maximum absolute atomic E-state index is 11.5. The van der Waals surface area contributed by atoms with E-state index in [0.717, 1.165) is 6.29 Å². The Morgan fingerprint density at radius 3 is 2.80 bits per heavy atom. The van der Waals surface area contributed by atoms with Crippen LogP contribution in [0.15, 0.2) is 18.3 Å². The standard InChI is InChI=1S/C10H10N2O2S/c13-6-7-1-2-9(11-4-7)12-5-8(15)3-10(12)14/h1-2,4,6,8,15H,3,5H2. The Morgan fingerprint density at radius 2 is 2.33 bits per heavy atom. The van der Waals surface area contributed by atoms with Crippen molar-refractivity contribution in [3.8, 4) is 0 Å². The van der Waals surface area contributed by atoms with Gasteiger partial charge in [-0.2, -0.15) is 12.6 Å². The molecule has 1 unspecified atom stereocenters. The molecule has 1 aromatic rings. The second-order valence-corrected chi connectivity index (χ2v) is 4.16. The molecule has 0 bridgehead atoms. The van der Waals surface area contributed by atoms with E-state index in [2.05, 4.69) is 17.6 Å². The number of nitrogens with zero attached hydrogens (tertiary/aromatic N) is 2. The molecular formula is C10H10N2O2S. The Balaban J connectivity index is 2.22. The van der Waals surface area contributed by atoms with Crippen molar-refractivity contribution < 1.29 is 9.59 Å². The minimum absolute atomic E-state index is 0.0290. The monoisotopic (exact) mass is 222 g/mol. The molecule has 0 aromatic carbocycles. The van der Waals surface area contributed by atoms with Crippen molar-refractivity contribution in [1.29, 1.82) is 0 Å². The van der Waals surface area contributed by atoms with E-state index in [1.807, 2.05) is 0 Å². The molecule has 0 N–H and O–H groups in total. The van der Waals surface area contributed by atoms with Crippen LogP contribution in [0.1, 0.15) is 16.8 Å². The first kappa shape index (κ1) is 10.2. The third kappa shape index (κ3) is 2.02. The number of hydrogen-bond donors (Lipinski definition) is 1. The molecule has 1 amide bonds. The minimum Gasteiger partial charge on any atom is -0.298 e. The highest BCUT2D eigenvalue weighted by Crippen LogP contribution is 2.21. The molecule has 1 atom stereocenters. The second-order valence-electron chi connectivity index (χ2n) is 3.43. The minimum atomic E-state index is 0.0290. The van der Waals surface area contributed by atoms with Gasteiger partial charge in [0.1, 0.15) is 5.82 Å². The number of carbonyl (C=O) groups excluding carboxylic acids is 2. The molecule has 1 aromatic heterocycles. The lowest BCUT2D eigenvalue weighted by atomic mass is 10.3. The first-order valence-electron chi connectivity index (χ1n) is 4.60. The highest BCUT2D eigenvalue weighted by atomic mass is 32.1. The SMILES string of the molecule is O=Cc1ccc(N2CC(S)CC2=O)nc1. The van der Waals surface area contributed by atoms with E-state index in [4.69, 9.17) is 0 Å². The number of rotatable bonds is 2. The van der Waals surface area contributed by atoms with E-state index in [9.17, 15) is 9.59 Å². The molecule has 4 nitrogen and oxygen atoms in total. The maximum Gasteiger partial charge on any atom is 0.229 e. The smallest absolute Gasteiger partial charge is 0.229 e. The Labute approximate surface area is 92.7 Å². The zero-order valence-corrected chi connectivity index (χ0v) is 8.85. The van der Waals surface area contributed by atoms with Gasteiger partial charge in [0.25, 0.3) is 0 Å². The molecule has 0 saturated carbocycles. The van der Waals surface area contributed by atoms with Gasteiger partial charge >= 0.3 is 0 Å². The van der Waals surface area contributed by atoms with Crippen LogP contribution in [0.5, 0.6) is 0 Å².